The Hall–Kier alpha value is -0.240. The average molecular weight is 487 g/mol. The SMILES string of the molecule is CCNC(c1cc(Cl)c(Br)cc1F)c1ccc(F)cc1I. The van der Waals surface area contributed by atoms with Crippen LogP contribution in [0.1, 0.15) is 24.1 Å². The molecule has 1 nitrogen and oxygen atoms in total. The molecular weight excluding hydrogens is 474 g/mol. The van der Waals surface area contributed by atoms with E-state index in [4.69, 9.17) is 11.6 Å². The predicted molar refractivity (Wildman–Crippen MR) is 93.7 cm³/mol. The van der Waals surface area contributed by atoms with Gasteiger partial charge >= 0.3 is 0 Å². The molecule has 1 N–H and O–H groups in total. The lowest BCUT2D eigenvalue weighted by molar-refractivity contribution is 0.556. The first-order chi connectivity index (χ1) is 9.93. The number of rotatable bonds is 4. The van der Waals surface area contributed by atoms with Crippen LogP contribution in [0.25, 0.3) is 0 Å². The van der Waals surface area contributed by atoms with Crippen LogP contribution in [-0.2, 0) is 0 Å². The monoisotopic (exact) mass is 485 g/mol. The fourth-order valence-corrected chi connectivity index (χ4v) is 3.36. The summed E-state index contributed by atoms with van der Waals surface area (Å²) in [6.45, 7) is 2.58. The van der Waals surface area contributed by atoms with E-state index in [0.717, 1.165) is 9.13 Å². The predicted octanol–water partition coefficient (Wildman–Crippen LogP) is 5.68. The number of hydrogen-bond acceptors (Lipinski definition) is 1. The molecule has 0 heterocycles. The van der Waals surface area contributed by atoms with Gasteiger partial charge in [-0.2, -0.15) is 0 Å². The van der Waals surface area contributed by atoms with Gasteiger partial charge in [0.15, 0.2) is 0 Å². The van der Waals surface area contributed by atoms with Gasteiger partial charge in [0.1, 0.15) is 11.6 Å². The highest BCUT2D eigenvalue weighted by atomic mass is 127. The Balaban J connectivity index is 2.55. The van der Waals surface area contributed by atoms with E-state index in [1.807, 2.05) is 6.92 Å². The van der Waals surface area contributed by atoms with Crippen LogP contribution in [0.15, 0.2) is 34.8 Å². The minimum atomic E-state index is -0.381. The lowest BCUT2D eigenvalue weighted by Crippen LogP contribution is -2.24. The van der Waals surface area contributed by atoms with Crippen molar-refractivity contribution >= 4 is 50.1 Å². The molecule has 1 atom stereocenters. The number of benzene rings is 2. The number of nitrogens with one attached hydrogen (secondary N) is 1. The molecule has 0 aliphatic heterocycles. The highest BCUT2D eigenvalue weighted by molar-refractivity contribution is 14.1. The molecule has 0 saturated heterocycles. The Morgan fingerprint density at radius 1 is 1.24 bits per heavy atom. The van der Waals surface area contributed by atoms with E-state index in [1.54, 1.807) is 12.1 Å². The lowest BCUT2D eigenvalue weighted by atomic mass is 9.98. The van der Waals surface area contributed by atoms with Crippen molar-refractivity contribution in [1.29, 1.82) is 0 Å². The van der Waals surface area contributed by atoms with E-state index in [0.29, 0.717) is 21.6 Å². The summed E-state index contributed by atoms with van der Waals surface area (Å²) in [5, 5.41) is 3.66. The fourth-order valence-electron chi connectivity index (χ4n) is 2.09. The molecule has 0 spiro atoms. The zero-order valence-electron chi connectivity index (χ0n) is 11.1. The molecule has 2 aromatic rings. The molecule has 0 saturated carbocycles. The molecule has 1 unspecified atom stereocenters. The Labute approximate surface area is 149 Å². The molecule has 112 valence electrons. The maximum atomic E-state index is 14.3. The largest absolute Gasteiger partial charge is 0.306 e. The van der Waals surface area contributed by atoms with Crippen molar-refractivity contribution in [2.75, 3.05) is 6.54 Å². The van der Waals surface area contributed by atoms with Gasteiger partial charge in [0.2, 0.25) is 0 Å². The molecular formula is C15H12BrClF2IN. The minimum absolute atomic E-state index is 0.312. The maximum Gasteiger partial charge on any atom is 0.129 e. The Kier molecular flexibility index (Phi) is 5.99. The lowest BCUT2D eigenvalue weighted by Gasteiger charge is -2.21. The molecule has 0 fully saturated rings. The van der Waals surface area contributed by atoms with Gasteiger partial charge in [-0.3, -0.25) is 0 Å². The summed E-state index contributed by atoms with van der Waals surface area (Å²) >= 11 is 11.3. The smallest absolute Gasteiger partial charge is 0.129 e. The third kappa shape index (κ3) is 3.94. The third-order valence-corrected chi connectivity index (χ3v) is 5.16. The molecule has 0 radical (unpaired) electrons. The zero-order chi connectivity index (χ0) is 15.6. The molecule has 0 aromatic heterocycles. The Morgan fingerprint density at radius 3 is 2.57 bits per heavy atom. The van der Waals surface area contributed by atoms with Gasteiger partial charge < -0.3 is 5.32 Å². The van der Waals surface area contributed by atoms with Crippen molar-refractivity contribution in [3.8, 4) is 0 Å². The molecule has 21 heavy (non-hydrogen) atoms. The second-order valence-corrected chi connectivity index (χ2v) is 6.87. The highest BCUT2D eigenvalue weighted by Gasteiger charge is 2.21. The number of halogens is 5. The second-order valence-electron chi connectivity index (χ2n) is 4.44. The van der Waals surface area contributed by atoms with Crippen LogP contribution in [0.4, 0.5) is 8.78 Å². The molecule has 0 bridgehead atoms. The summed E-state index contributed by atoms with van der Waals surface area (Å²) in [6.07, 6.45) is 0. The van der Waals surface area contributed by atoms with Crippen molar-refractivity contribution in [2.45, 2.75) is 13.0 Å². The summed E-state index contributed by atoms with van der Waals surface area (Å²) < 4.78 is 28.8. The first-order valence-electron chi connectivity index (χ1n) is 6.26. The Bertz CT molecular complexity index is 666. The maximum absolute atomic E-state index is 14.3. The van der Waals surface area contributed by atoms with Crippen molar-refractivity contribution < 1.29 is 8.78 Å². The molecule has 0 amide bonds. The normalized spacial score (nSPS) is 12.5. The van der Waals surface area contributed by atoms with Crippen LogP contribution in [0.5, 0.6) is 0 Å². The average Bonchev–Trinajstić information content (AvgIpc) is 2.41. The van der Waals surface area contributed by atoms with Gasteiger partial charge in [-0.15, -0.1) is 0 Å². The van der Waals surface area contributed by atoms with Gasteiger partial charge in [-0.05, 0) is 74.9 Å². The summed E-state index contributed by atoms with van der Waals surface area (Å²) in [6, 6.07) is 7.03. The van der Waals surface area contributed by atoms with E-state index in [1.165, 1.54) is 18.2 Å². The van der Waals surface area contributed by atoms with Crippen LogP contribution >= 0.6 is 50.1 Å². The van der Waals surface area contributed by atoms with Gasteiger partial charge in [0.05, 0.1) is 11.1 Å². The first-order valence-corrected chi connectivity index (χ1v) is 8.51. The Morgan fingerprint density at radius 2 is 1.95 bits per heavy atom. The van der Waals surface area contributed by atoms with E-state index >= 15 is 0 Å². The molecule has 0 aliphatic rings. The summed E-state index contributed by atoms with van der Waals surface area (Å²) in [7, 11) is 0. The topological polar surface area (TPSA) is 12.0 Å². The second kappa shape index (κ2) is 7.35. The van der Waals surface area contributed by atoms with Crippen LogP contribution < -0.4 is 5.32 Å². The van der Waals surface area contributed by atoms with E-state index in [2.05, 4.69) is 43.8 Å². The van der Waals surface area contributed by atoms with Crippen LogP contribution in [-0.4, -0.2) is 6.54 Å². The van der Waals surface area contributed by atoms with Crippen molar-refractivity contribution in [3.05, 3.63) is 66.2 Å². The summed E-state index contributed by atoms with van der Waals surface area (Å²) in [5.41, 5.74) is 1.26. The molecule has 2 aromatic carbocycles. The standard InChI is InChI=1S/C15H12BrClF2IN/c1-2-21-15(9-4-3-8(18)5-14(9)20)10-6-12(17)11(16)7-13(10)19/h3-7,15,21H,2H2,1H3. The highest BCUT2D eigenvalue weighted by Crippen LogP contribution is 2.33. The quantitative estimate of drug-likeness (QED) is 0.433. The van der Waals surface area contributed by atoms with E-state index in [-0.39, 0.29) is 17.7 Å². The number of hydrogen-bond donors (Lipinski definition) is 1. The third-order valence-electron chi connectivity index (χ3n) is 3.03. The van der Waals surface area contributed by atoms with E-state index < -0.39 is 0 Å². The van der Waals surface area contributed by atoms with E-state index in [9.17, 15) is 8.78 Å². The first kappa shape index (κ1) is 17.1. The van der Waals surface area contributed by atoms with Crippen LogP contribution in [0.2, 0.25) is 5.02 Å². The van der Waals surface area contributed by atoms with Gasteiger partial charge in [-0.25, -0.2) is 8.78 Å². The minimum Gasteiger partial charge on any atom is -0.306 e. The fraction of sp³-hybridized carbons (Fsp3) is 0.200. The van der Waals surface area contributed by atoms with Gasteiger partial charge in [0.25, 0.3) is 0 Å². The molecule has 2 rings (SSSR count). The van der Waals surface area contributed by atoms with Crippen molar-refractivity contribution in [2.24, 2.45) is 0 Å². The van der Waals surface area contributed by atoms with Gasteiger partial charge in [-0.1, -0.05) is 24.6 Å². The zero-order valence-corrected chi connectivity index (χ0v) is 15.6. The van der Waals surface area contributed by atoms with Gasteiger partial charge in [0, 0.05) is 13.6 Å². The molecule has 0 aliphatic carbocycles. The van der Waals surface area contributed by atoms with Crippen molar-refractivity contribution in [1.82, 2.24) is 5.32 Å². The van der Waals surface area contributed by atoms with Crippen LogP contribution in [0.3, 0.4) is 0 Å². The summed E-state index contributed by atoms with van der Waals surface area (Å²) in [5.74, 6) is -0.676. The summed E-state index contributed by atoms with van der Waals surface area (Å²) in [4.78, 5) is 0. The van der Waals surface area contributed by atoms with Crippen molar-refractivity contribution in [3.63, 3.8) is 0 Å². The molecule has 6 heteroatoms. The van der Waals surface area contributed by atoms with Crippen LogP contribution in [0, 0.1) is 15.2 Å².